The van der Waals surface area contributed by atoms with E-state index in [9.17, 15) is 5.11 Å². The maximum absolute atomic E-state index is 10.4. The Morgan fingerprint density at radius 2 is 1.74 bits per heavy atom. The zero-order chi connectivity index (χ0) is 13.8. The lowest BCUT2D eigenvalue weighted by Gasteiger charge is -2.22. The molecule has 0 heterocycles. The Labute approximate surface area is 115 Å². The van der Waals surface area contributed by atoms with E-state index in [1.54, 1.807) is 0 Å². The van der Waals surface area contributed by atoms with Gasteiger partial charge in [0.1, 0.15) is 5.75 Å². The van der Waals surface area contributed by atoms with E-state index in [4.69, 9.17) is 0 Å². The summed E-state index contributed by atoms with van der Waals surface area (Å²) in [5.74, 6) is 0.407. The molecule has 2 nitrogen and oxygen atoms in total. The fourth-order valence-electron chi connectivity index (χ4n) is 2.59. The number of nitrogens with one attached hydrogen (secondary N) is 1. The molecule has 0 spiro atoms. The Morgan fingerprint density at radius 3 is 2.42 bits per heavy atom. The monoisotopic (exact) mass is 257 g/mol. The fraction of sp³-hybridized carbons (Fsp3) is 0.412. The Hall–Kier alpha value is -1.54. The van der Waals surface area contributed by atoms with Gasteiger partial charge >= 0.3 is 0 Å². The van der Waals surface area contributed by atoms with Crippen molar-refractivity contribution in [1.29, 1.82) is 0 Å². The molecule has 2 rings (SSSR count). The topological polar surface area (TPSA) is 32.3 Å². The summed E-state index contributed by atoms with van der Waals surface area (Å²) < 4.78 is 0. The van der Waals surface area contributed by atoms with Crippen LogP contribution in [-0.4, -0.2) is 11.1 Å². The van der Waals surface area contributed by atoms with Crippen molar-refractivity contribution in [2.75, 3.05) is 0 Å². The summed E-state index contributed by atoms with van der Waals surface area (Å²) in [5.41, 5.74) is 0.977. The van der Waals surface area contributed by atoms with E-state index in [0.29, 0.717) is 11.8 Å². The number of hydrogen-bond donors (Lipinski definition) is 2. The summed E-state index contributed by atoms with van der Waals surface area (Å²) in [6.45, 7) is 6.49. The van der Waals surface area contributed by atoms with E-state index in [2.05, 4.69) is 32.2 Å². The van der Waals surface area contributed by atoms with Gasteiger partial charge < -0.3 is 10.4 Å². The molecule has 0 fully saturated rings. The summed E-state index contributed by atoms with van der Waals surface area (Å²) in [7, 11) is 0. The number of aromatic hydroxyl groups is 1. The van der Waals surface area contributed by atoms with Crippen LogP contribution in [0.1, 0.15) is 45.2 Å². The Balaban J connectivity index is 2.32. The highest BCUT2D eigenvalue weighted by Gasteiger charge is 2.15. The lowest BCUT2D eigenvalue weighted by Crippen LogP contribution is -2.30. The average Bonchev–Trinajstić information content (AvgIpc) is 2.45. The number of phenols is 1. The molecule has 0 amide bonds. The number of fused-ring (bicyclic) bond motifs is 1. The molecule has 2 aromatic carbocycles. The van der Waals surface area contributed by atoms with Crippen molar-refractivity contribution in [2.24, 2.45) is 0 Å². The maximum atomic E-state index is 10.4. The van der Waals surface area contributed by atoms with Gasteiger partial charge in [0.05, 0.1) is 0 Å². The van der Waals surface area contributed by atoms with Crippen LogP contribution in [0.3, 0.4) is 0 Å². The minimum Gasteiger partial charge on any atom is -0.507 e. The van der Waals surface area contributed by atoms with Crippen LogP contribution >= 0.6 is 0 Å². The molecule has 2 heteroatoms. The standard InChI is InChI=1S/C17H23NO/c1-4-14(5-2)18-12(3)15-11-10-13-8-6-7-9-16(13)17(15)19/h6-12,14,18-19H,4-5H2,1-3H3. The largest absolute Gasteiger partial charge is 0.507 e. The summed E-state index contributed by atoms with van der Waals surface area (Å²) in [5, 5.41) is 16.0. The average molecular weight is 257 g/mol. The molecule has 0 aliphatic heterocycles. The van der Waals surface area contributed by atoms with E-state index >= 15 is 0 Å². The molecule has 0 saturated heterocycles. The number of benzene rings is 2. The van der Waals surface area contributed by atoms with Gasteiger partial charge in [0.25, 0.3) is 0 Å². The van der Waals surface area contributed by atoms with E-state index in [1.165, 1.54) is 0 Å². The first-order valence-electron chi connectivity index (χ1n) is 7.14. The maximum Gasteiger partial charge on any atom is 0.128 e. The normalized spacial score (nSPS) is 13.1. The Kier molecular flexibility index (Phi) is 4.43. The summed E-state index contributed by atoms with van der Waals surface area (Å²) in [6.07, 6.45) is 2.21. The molecule has 0 aliphatic carbocycles. The van der Waals surface area contributed by atoms with Gasteiger partial charge in [-0.25, -0.2) is 0 Å². The second kappa shape index (κ2) is 6.07. The summed E-state index contributed by atoms with van der Waals surface area (Å²) in [6, 6.07) is 12.7. The van der Waals surface area contributed by atoms with E-state index in [-0.39, 0.29) is 6.04 Å². The predicted molar refractivity (Wildman–Crippen MR) is 81.5 cm³/mol. The first-order valence-corrected chi connectivity index (χ1v) is 7.14. The minimum atomic E-state index is 0.162. The van der Waals surface area contributed by atoms with Crippen molar-refractivity contribution in [3.05, 3.63) is 42.0 Å². The zero-order valence-electron chi connectivity index (χ0n) is 12.0. The minimum absolute atomic E-state index is 0.162. The van der Waals surface area contributed by atoms with Crippen LogP contribution in [-0.2, 0) is 0 Å². The summed E-state index contributed by atoms with van der Waals surface area (Å²) >= 11 is 0. The molecular formula is C17H23NO. The van der Waals surface area contributed by atoms with Gasteiger partial charge in [-0.1, -0.05) is 50.2 Å². The van der Waals surface area contributed by atoms with E-state index in [0.717, 1.165) is 29.2 Å². The molecule has 0 saturated carbocycles. The third-order valence-corrected chi connectivity index (χ3v) is 3.87. The molecule has 0 bridgehead atoms. The molecule has 102 valence electrons. The van der Waals surface area contributed by atoms with Crippen LogP contribution in [0.25, 0.3) is 10.8 Å². The lowest BCUT2D eigenvalue weighted by molar-refractivity contribution is 0.413. The van der Waals surface area contributed by atoms with Crippen LogP contribution < -0.4 is 5.32 Å². The molecule has 19 heavy (non-hydrogen) atoms. The van der Waals surface area contributed by atoms with Gasteiger partial charge in [0, 0.05) is 23.0 Å². The molecule has 1 unspecified atom stereocenters. The van der Waals surface area contributed by atoms with Crippen molar-refractivity contribution in [3.63, 3.8) is 0 Å². The summed E-state index contributed by atoms with van der Waals surface area (Å²) in [4.78, 5) is 0. The first kappa shape index (κ1) is 13.9. The van der Waals surface area contributed by atoms with Gasteiger partial charge in [0.15, 0.2) is 0 Å². The molecule has 2 N–H and O–H groups in total. The van der Waals surface area contributed by atoms with Gasteiger partial charge in [-0.2, -0.15) is 0 Å². The van der Waals surface area contributed by atoms with Gasteiger partial charge in [0.2, 0.25) is 0 Å². The van der Waals surface area contributed by atoms with Crippen LogP contribution in [0.5, 0.6) is 5.75 Å². The zero-order valence-corrected chi connectivity index (χ0v) is 12.0. The number of hydrogen-bond acceptors (Lipinski definition) is 2. The van der Waals surface area contributed by atoms with Crippen molar-refractivity contribution in [1.82, 2.24) is 5.32 Å². The predicted octanol–water partition coefficient (Wildman–Crippen LogP) is 4.38. The quantitative estimate of drug-likeness (QED) is 0.833. The highest BCUT2D eigenvalue weighted by atomic mass is 16.3. The molecule has 2 aromatic rings. The van der Waals surface area contributed by atoms with Gasteiger partial charge in [-0.3, -0.25) is 0 Å². The molecule has 0 aromatic heterocycles. The van der Waals surface area contributed by atoms with Crippen LogP contribution in [0.4, 0.5) is 0 Å². The highest BCUT2D eigenvalue weighted by molar-refractivity contribution is 5.89. The van der Waals surface area contributed by atoms with Crippen LogP contribution in [0.15, 0.2) is 36.4 Å². The van der Waals surface area contributed by atoms with Crippen molar-refractivity contribution in [3.8, 4) is 5.75 Å². The van der Waals surface area contributed by atoms with Crippen molar-refractivity contribution in [2.45, 2.75) is 45.7 Å². The van der Waals surface area contributed by atoms with Crippen molar-refractivity contribution >= 4 is 10.8 Å². The fourth-order valence-corrected chi connectivity index (χ4v) is 2.59. The Bertz CT molecular complexity index is 546. The lowest BCUT2D eigenvalue weighted by atomic mass is 10.00. The molecular weight excluding hydrogens is 234 g/mol. The van der Waals surface area contributed by atoms with Crippen LogP contribution in [0.2, 0.25) is 0 Å². The van der Waals surface area contributed by atoms with Crippen LogP contribution in [0, 0.1) is 0 Å². The van der Waals surface area contributed by atoms with E-state index < -0.39 is 0 Å². The second-order valence-corrected chi connectivity index (χ2v) is 5.13. The SMILES string of the molecule is CCC(CC)NC(C)c1ccc2ccccc2c1O. The molecule has 0 radical (unpaired) electrons. The number of phenolic OH excluding ortho intramolecular Hbond substituents is 1. The van der Waals surface area contributed by atoms with Gasteiger partial charge in [-0.05, 0) is 25.2 Å². The molecule has 1 atom stereocenters. The molecule has 0 aliphatic rings. The first-order chi connectivity index (χ1) is 9.17. The Morgan fingerprint density at radius 1 is 1.05 bits per heavy atom. The highest BCUT2D eigenvalue weighted by Crippen LogP contribution is 2.32. The third kappa shape index (κ3) is 2.90. The van der Waals surface area contributed by atoms with E-state index in [1.807, 2.05) is 30.3 Å². The van der Waals surface area contributed by atoms with Crippen molar-refractivity contribution < 1.29 is 5.11 Å². The number of rotatable bonds is 5. The second-order valence-electron chi connectivity index (χ2n) is 5.13. The smallest absolute Gasteiger partial charge is 0.128 e. The third-order valence-electron chi connectivity index (χ3n) is 3.87. The van der Waals surface area contributed by atoms with Gasteiger partial charge in [-0.15, -0.1) is 0 Å².